The maximum Gasteiger partial charge on any atom is 0.272 e. The number of nitrogens with zero attached hydrogens (tertiary/aromatic N) is 5. The minimum absolute atomic E-state index is 0.0959. The van der Waals surface area contributed by atoms with Crippen LogP contribution < -0.4 is 14.8 Å². The van der Waals surface area contributed by atoms with Gasteiger partial charge in [0.15, 0.2) is 0 Å². The molecule has 1 N–H and O–H groups in total. The summed E-state index contributed by atoms with van der Waals surface area (Å²) in [5.41, 5.74) is 4.20. The molecule has 5 rings (SSSR count). The number of methoxy groups -OCH3 is 2. The Kier molecular flexibility index (Phi) is 5.21. The number of anilines is 1. The number of aromatic nitrogens is 5. The van der Waals surface area contributed by atoms with Crippen molar-refractivity contribution < 1.29 is 14.3 Å². The molecule has 4 aromatic rings. The van der Waals surface area contributed by atoms with Gasteiger partial charge in [0.2, 0.25) is 5.91 Å². The summed E-state index contributed by atoms with van der Waals surface area (Å²) in [7, 11) is 3.24. The van der Waals surface area contributed by atoms with Gasteiger partial charge in [0, 0.05) is 23.5 Å². The molecule has 1 unspecified atom stereocenters. The van der Waals surface area contributed by atoms with Gasteiger partial charge in [0.05, 0.1) is 31.8 Å². The van der Waals surface area contributed by atoms with E-state index in [1.54, 1.807) is 25.1 Å². The number of hydrogen-bond donors (Lipinski definition) is 1. The molecule has 0 bridgehead atoms. The Bertz CT molecular complexity index is 1330. The number of carbonyl (C=O) groups excluding carboxylic acids is 1. The summed E-state index contributed by atoms with van der Waals surface area (Å²) in [4.78, 5) is 17.3. The molecule has 33 heavy (non-hydrogen) atoms. The fraction of sp³-hybridized carbons (Fsp3) is 0.208. The third-order valence-electron chi connectivity index (χ3n) is 5.72. The molecule has 1 amide bonds. The van der Waals surface area contributed by atoms with Crippen LogP contribution >= 0.6 is 0 Å². The molecule has 0 radical (unpaired) electrons. The molecule has 0 saturated heterocycles. The summed E-state index contributed by atoms with van der Waals surface area (Å²) < 4.78 is 12.1. The van der Waals surface area contributed by atoms with Crippen LogP contribution in [-0.2, 0) is 4.79 Å². The number of rotatable bonds is 5. The summed E-state index contributed by atoms with van der Waals surface area (Å²) in [5, 5.41) is 15.9. The number of carbonyl (C=O) groups is 1. The van der Waals surface area contributed by atoms with Gasteiger partial charge in [-0.15, -0.1) is 5.10 Å². The predicted molar refractivity (Wildman–Crippen MR) is 122 cm³/mol. The zero-order valence-corrected chi connectivity index (χ0v) is 18.4. The lowest BCUT2D eigenvalue weighted by atomic mass is 9.86. The molecule has 1 aliphatic heterocycles. The lowest BCUT2D eigenvalue weighted by Gasteiger charge is -2.24. The Labute approximate surface area is 190 Å². The average Bonchev–Trinajstić information content (AvgIpc) is 3.19. The number of benzene rings is 2. The first-order valence-corrected chi connectivity index (χ1v) is 10.4. The quantitative estimate of drug-likeness (QED) is 0.504. The van der Waals surface area contributed by atoms with Crippen LogP contribution in [0, 0.1) is 6.92 Å². The number of amides is 1. The van der Waals surface area contributed by atoms with Crippen LogP contribution in [0.1, 0.15) is 29.2 Å². The molecule has 2 aromatic carbocycles. The van der Waals surface area contributed by atoms with Crippen LogP contribution in [0.5, 0.6) is 11.5 Å². The topological polar surface area (TPSA) is 104 Å². The van der Waals surface area contributed by atoms with Crippen molar-refractivity contribution in [3.63, 3.8) is 0 Å². The zero-order valence-electron chi connectivity index (χ0n) is 18.4. The standard InChI is InChI=1S/C24H22N6O3/c1-14-22-19(15-7-9-17(32-2)10-8-15)12-21(31)27-23(22)30(29-14)24-26-20(13-25-28-24)16-5-4-6-18(11-16)33-3/h4-11,13,19H,12H2,1-3H3,(H,27,31). The number of aryl methyl sites for hydroxylation is 1. The van der Waals surface area contributed by atoms with E-state index in [1.807, 2.05) is 55.5 Å². The van der Waals surface area contributed by atoms with E-state index >= 15 is 0 Å². The average molecular weight is 442 g/mol. The molecule has 166 valence electrons. The van der Waals surface area contributed by atoms with E-state index in [0.29, 0.717) is 17.9 Å². The van der Waals surface area contributed by atoms with Crippen molar-refractivity contribution in [2.24, 2.45) is 0 Å². The molecule has 2 aromatic heterocycles. The fourth-order valence-corrected chi connectivity index (χ4v) is 4.12. The SMILES string of the molecule is COc1ccc(C2CC(=O)Nc3c2c(C)nn3-c2nncc(-c3cccc(OC)c3)n2)cc1. The number of ether oxygens (including phenoxy) is 2. The molecule has 1 aliphatic rings. The summed E-state index contributed by atoms with van der Waals surface area (Å²) in [6.07, 6.45) is 1.91. The van der Waals surface area contributed by atoms with E-state index in [0.717, 1.165) is 33.9 Å². The van der Waals surface area contributed by atoms with Gasteiger partial charge in [-0.3, -0.25) is 4.79 Å². The van der Waals surface area contributed by atoms with Gasteiger partial charge in [-0.1, -0.05) is 24.3 Å². The van der Waals surface area contributed by atoms with Gasteiger partial charge in [0.25, 0.3) is 5.95 Å². The van der Waals surface area contributed by atoms with Crippen molar-refractivity contribution in [1.29, 1.82) is 0 Å². The van der Waals surface area contributed by atoms with Gasteiger partial charge in [-0.25, -0.2) is 4.98 Å². The van der Waals surface area contributed by atoms with Crippen molar-refractivity contribution in [3.8, 4) is 28.7 Å². The summed E-state index contributed by atoms with van der Waals surface area (Å²) in [6.45, 7) is 1.92. The number of nitrogens with one attached hydrogen (secondary N) is 1. The second-order valence-corrected chi connectivity index (χ2v) is 7.71. The van der Waals surface area contributed by atoms with Crippen molar-refractivity contribution in [2.45, 2.75) is 19.3 Å². The maximum absolute atomic E-state index is 12.6. The normalized spacial score (nSPS) is 15.0. The third-order valence-corrected chi connectivity index (χ3v) is 5.72. The smallest absolute Gasteiger partial charge is 0.272 e. The highest BCUT2D eigenvalue weighted by atomic mass is 16.5. The molecule has 0 aliphatic carbocycles. The fourth-order valence-electron chi connectivity index (χ4n) is 4.12. The Morgan fingerprint density at radius 3 is 2.61 bits per heavy atom. The van der Waals surface area contributed by atoms with E-state index in [1.165, 1.54) is 0 Å². The summed E-state index contributed by atoms with van der Waals surface area (Å²) >= 11 is 0. The predicted octanol–water partition coefficient (Wildman–Crippen LogP) is 3.52. The third kappa shape index (κ3) is 3.78. The van der Waals surface area contributed by atoms with Crippen molar-refractivity contribution in [3.05, 3.63) is 71.5 Å². The first-order chi connectivity index (χ1) is 16.1. The molecule has 9 nitrogen and oxygen atoms in total. The summed E-state index contributed by atoms with van der Waals surface area (Å²) in [6, 6.07) is 15.3. The highest BCUT2D eigenvalue weighted by Crippen LogP contribution is 2.40. The zero-order chi connectivity index (χ0) is 22.9. The molecule has 0 saturated carbocycles. The molecule has 3 heterocycles. The van der Waals surface area contributed by atoms with E-state index < -0.39 is 0 Å². The minimum atomic E-state index is -0.136. The largest absolute Gasteiger partial charge is 0.497 e. The Morgan fingerprint density at radius 2 is 1.85 bits per heavy atom. The van der Waals surface area contributed by atoms with Crippen LogP contribution in [0.4, 0.5) is 5.82 Å². The minimum Gasteiger partial charge on any atom is -0.497 e. The van der Waals surface area contributed by atoms with Crippen molar-refractivity contribution in [1.82, 2.24) is 25.0 Å². The molecular formula is C24H22N6O3. The highest BCUT2D eigenvalue weighted by Gasteiger charge is 2.33. The lowest BCUT2D eigenvalue weighted by molar-refractivity contribution is -0.116. The van der Waals surface area contributed by atoms with Crippen LogP contribution in [0.25, 0.3) is 17.2 Å². The monoisotopic (exact) mass is 442 g/mol. The molecular weight excluding hydrogens is 420 g/mol. The Balaban J connectivity index is 1.58. The number of hydrogen-bond acceptors (Lipinski definition) is 7. The van der Waals surface area contributed by atoms with Gasteiger partial charge in [-0.05, 0) is 36.8 Å². The van der Waals surface area contributed by atoms with Crippen molar-refractivity contribution in [2.75, 3.05) is 19.5 Å². The second-order valence-electron chi connectivity index (χ2n) is 7.71. The molecule has 0 fully saturated rings. The Morgan fingerprint density at radius 1 is 1.06 bits per heavy atom. The van der Waals surface area contributed by atoms with Gasteiger partial charge >= 0.3 is 0 Å². The first kappa shape index (κ1) is 20.6. The van der Waals surface area contributed by atoms with E-state index in [-0.39, 0.29) is 17.8 Å². The van der Waals surface area contributed by atoms with Crippen LogP contribution in [0.15, 0.2) is 54.7 Å². The van der Waals surface area contributed by atoms with E-state index in [4.69, 9.17) is 9.47 Å². The molecule has 0 spiro atoms. The Hall–Kier alpha value is -4.27. The summed E-state index contributed by atoms with van der Waals surface area (Å²) in [5.74, 6) is 2.09. The van der Waals surface area contributed by atoms with E-state index in [2.05, 4.69) is 25.6 Å². The van der Waals surface area contributed by atoms with Gasteiger partial charge in [-0.2, -0.15) is 14.9 Å². The van der Waals surface area contributed by atoms with Crippen molar-refractivity contribution >= 4 is 11.7 Å². The van der Waals surface area contributed by atoms with Gasteiger partial charge in [0.1, 0.15) is 17.3 Å². The first-order valence-electron chi connectivity index (χ1n) is 10.4. The van der Waals surface area contributed by atoms with Crippen LogP contribution in [-0.4, -0.2) is 45.1 Å². The maximum atomic E-state index is 12.6. The molecule has 1 atom stereocenters. The lowest BCUT2D eigenvalue weighted by Crippen LogP contribution is -2.25. The highest BCUT2D eigenvalue weighted by molar-refractivity contribution is 5.95. The van der Waals surface area contributed by atoms with E-state index in [9.17, 15) is 4.79 Å². The van der Waals surface area contributed by atoms with Crippen LogP contribution in [0.3, 0.4) is 0 Å². The van der Waals surface area contributed by atoms with Gasteiger partial charge < -0.3 is 14.8 Å². The molecule has 9 heteroatoms. The number of fused-ring (bicyclic) bond motifs is 1. The second kappa shape index (κ2) is 8.34. The van der Waals surface area contributed by atoms with Crippen LogP contribution in [0.2, 0.25) is 0 Å².